The van der Waals surface area contributed by atoms with Crippen molar-refractivity contribution in [1.82, 2.24) is 4.90 Å². The van der Waals surface area contributed by atoms with Gasteiger partial charge in [0.05, 0.1) is 0 Å². The van der Waals surface area contributed by atoms with E-state index in [-0.39, 0.29) is 31.7 Å². The molecule has 1 aliphatic rings. The molecule has 0 spiro atoms. The van der Waals surface area contributed by atoms with E-state index >= 15 is 0 Å². The number of amides is 3. The second-order valence-corrected chi connectivity index (χ2v) is 9.90. The topological polar surface area (TPSA) is 40.6 Å². The minimum absolute atomic E-state index is 0.0449. The summed E-state index contributed by atoms with van der Waals surface area (Å²) in [6, 6.07) is 21.3. The van der Waals surface area contributed by atoms with Gasteiger partial charge in [0.2, 0.25) is 0 Å². The molecule has 6 heteroatoms. The van der Waals surface area contributed by atoms with Crippen LogP contribution in [0.1, 0.15) is 0 Å². The number of hydrogen-bond acceptors (Lipinski definition) is 2. The molecule has 1 unspecified atom stereocenters. The van der Waals surface area contributed by atoms with Crippen molar-refractivity contribution in [3.05, 3.63) is 71.2 Å². The molecule has 3 amide bonds. The molecule has 0 saturated carbocycles. The van der Waals surface area contributed by atoms with E-state index in [1.807, 2.05) is 66.7 Å². The fourth-order valence-corrected chi connectivity index (χ4v) is 6.14. The number of urea groups is 1. The predicted octanol–water partition coefficient (Wildman–Crippen LogP) is 3.82. The van der Waals surface area contributed by atoms with Gasteiger partial charge in [0, 0.05) is 0 Å². The number of carbonyl (C=O) groups excluding carboxylic acids is 2. The van der Waals surface area contributed by atoms with Crippen LogP contribution in [0.3, 0.4) is 0 Å². The number of imide groups is 1. The van der Waals surface area contributed by atoms with Gasteiger partial charge in [0.1, 0.15) is 0 Å². The zero-order valence-corrected chi connectivity index (χ0v) is 17.9. The average molecular weight is 488 g/mol. The van der Waals surface area contributed by atoms with Crippen molar-refractivity contribution in [3.63, 3.8) is 0 Å². The van der Waals surface area contributed by atoms with Crippen molar-refractivity contribution in [3.8, 4) is 0 Å². The van der Waals surface area contributed by atoms with Gasteiger partial charge in [-0.2, -0.15) is 0 Å². The van der Waals surface area contributed by atoms with Crippen molar-refractivity contribution in [2.75, 3.05) is 18.5 Å². The third-order valence-corrected chi connectivity index (χ3v) is 7.73. The van der Waals surface area contributed by atoms with E-state index in [9.17, 15) is 9.59 Å². The summed E-state index contributed by atoms with van der Waals surface area (Å²) >= 11 is 3.51. The average Bonchev–Trinajstić information content (AvgIpc) is 2.68. The van der Waals surface area contributed by atoms with Crippen molar-refractivity contribution in [2.45, 2.75) is 4.82 Å². The van der Waals surface area contributed by atoms with Crippen LogP contribution in [-0.4, -0.2) is 45.4 Å². The first-order chi connectivity index (χ1) is 13.1. The van der Waals surface area contributed by atoms with Crippen LogP contribution in [0.4, 0.5) is 10.5 Å². The second kappa shape index (κ2) is 7.47. The fourth-order valence-electron chi connectivity index (χ4n) is 3.24. The number of hydrogen-bond donors (Lipinski definition) is 0. The van der Waals surface area contributed by atoms with E-state index in [1.54, 1.807) is 11.9 Å². The number of nitrogens with zero attached hydrogens (tertiary/aromatic N) is 2. The molecular weight excluding hydrogens is 471 g/mol. The Morgan fingerprint density at radius 2 is 1.63 bits per heavy atom. The van der Waals surface area contributed by atoms with E-state index in [2.05, 4.69) is 15.9 Å². The quantitative estimate of drug-likeness (QED) is 0.527. The Bertz CT molecular complexity index is 1030. The van der Waals surface area contributed by atoms with Gasteiger partial charge >= 0.3 is 173 Å². The van der Waals surface area contributed by atoms with Gasteiger partial charge < -0.3 is 0 Å². The molecule has 0 radical (unpaired) electrons. The SMILES string of the molecule is CN1CC([Se]c2ccccc2)C(=O)N(c2cccc3c(Br)cccc23)C1=O. The monoisotopic (exact) mass is 488 g/mol. The van der Waals surface area contributed by atoms with Crippen LogP contribution in [-0.2, 0) is 4.79 Å². The molecule has 3 aromatic carbocycles. The summed E-state index contributed by atoms with van der Waals surface area (Å²) in [5.74, 6) is -0.116. The van der Waals surface area contributed by atoms with Gasteiger partial charge in [0.15, 0.2) is 0 Å². The Balaban J connectivity index is 1.76. The van der Waals surface area contributed by atoms with Crippen LogP contribution in [0.25, 0.3) is 10.8 Å². The van der Waals surface area contributed by atoms with Crippen LogP contribution in [0.5, 0.6) is 0 Å². The molecule has 0 N–H and O–H groups in total. The molecule has 1 fully saturated rings. The van der Waals surface area contributed by atoms with Crippen molar-refractivity contribution in [1.29, 1.82) is 0 Å². The summed E-state index contributed by atoms with van der Waals surface area (Å²) in [6.45, 7) is 0.456. The number of anilines is 1. The molecule has 0 aromatic heterocycles. The van der Waals surface area contributed by atoms with Crippen molar-refractivity contribution >= 4 is 63.7 Å². The molecular formula is C21H17BrN2O2Se. The first-order valence-corrected chi connectivity index (χ1v) is 11.2. The standard InChI is InChI=1S/C21H17BrN2O2Se/c1-23-13-19(27-14-7-3-2-4-8-14)20(25)24(21(23)26)18-12-6-9-15-16(18)10-5-11-17(15)22/h2-12,19H,13H2,1H3. The molecule has 1 aliphatic heterocycles. The molecule has 1 atom stereocenters. The number of benzene rings is 3. The number of carbonyl (C=O) groups is 2. The molecule has 1 saturated heterocycles. The van der Waals surface area contributed by atoms with Gasteiger partial charge in [-0.3, -0.25) is 0 Å². The van der Waals surface area contributed by atoms with Gasteiger partial charge in [-0.25, -0.2) is 0 Å². The third-order valence-electron chi connectivity index (χ3n) is 4.56. The molecule has 4 nitrogen and oxygen atoms in total. The van der Waals surface area contributed by atoms with Crippen LogP contribution >= 0.6 is 15.9 Å². The molecule has 136 valence electrons. The van der Waals surface area contributed by atoms with Crippen LogP contribution in [0.15, 0.2) is 71.2 Å². The van der Waals surface area contributed by atoms with Crippen molar-refractivity contribution in [2.24, 2.45) is 0 Å². The summed E-state index contributed by atoms with van der Waals surface area (Å²) in [7, 11) is 1.76. The number of halogens is 1. The van der Waals surface area contributed by atoms with Crippen LogP contribution in [0.2, 0.25) is 4.82 Å². The van der Waals surface area contributed by atoms with E-state index in [0.29, 0.717) is 12.2 Å². The molecule has 0 aliphatic carbocycles. The van der Waals surface area contributed by atoms with Crippen LogP contribution in [0, 0.1) is 0 Å². The molecule has 0 bridgehead atoms. The van der Waals surface area contributed by atoms with Crippen molar-refractivity contribution < 1.29 is 9.59 Å². The Morgan fingerprint density at radius 1 is 0.926 bits per heavy atom. The predicted molar refractivity (Wildman–Crippen MR) is 113 cm³/mol. The first-order valence-electron chi connectivity index (χ1n) is 8.54. The summed E-state index contributed by atoms with van der Waals surface area (Å²) in [4.78, 5) is 29.0. The normalized spacial score (nSPS) is 17.6. The summed E-state index contributed by atoms with van der Waals surface area (Å²) in [5, 5.41) is 1.86. The third kappa shape index (κ3) is 3.41. The summed E-state index contributed by atoms with van der Waals surface area (Å²) in [5.41, 5.74) is 0.643. The maximum atomic E-state index is 13.3. The Morgan fingerprint density at radius 3 is 2.41 bits per heavy atom. The van der Waals surface area contributed by atoms with E-state index in [1.165, 1.54) is 4.90 Å². The van der Waals surface area contributed by atoms with Gasteiger partial charge in [0.25, 0.3) is 0 Å². The zero-order valence-electron chi connectivity index (χ0n) is 14.6. The maximum absolute atomic E-state index is 13.3. The Hall–Kier alpha value is -2.14. The zero-order chi connectivity index (χ0) is 19.0. The van der Waals surface area contributed by atoms with E-state index < -0.39 is 0 Å². The fraction of sp³-hybridized carbons (Fsp3) is 0.143. The minimum atomic E-state index is -0.271. The van der Waals surface area contributed by atoms with Gasteiger partial charge in [-0.1, -0.05) is 0 Å². The summed E-state index contributed by atoms with van der Waals surface area (Å²) < 4.78 is 2.10. The molecule has 27 heavy (non-hydrogen) atoms. The second-order valence-electron chi connectivity index (χ2n) is 6.37. The van der Waals surface area contributed by atoms with Crippen LogP contribution < -0.4 is 9.36 Å². The Kier molecular flexibility index (Phi) is 5.04. The van der Waals surface area contributed by atoms with Gasteiger partial charge in [-0.15, -0.1) is 0 Å². The Labute approximate surface area is 172 Å². The molecule has 1 heterocycles. The molecule has 3 aromatic rings. The summed E-state index contributed by atoms with van der Waals surface area (Å²) in [6.07, 6.45) is 0. The first kappa shape index (κ1) is 18.2. The van der Waals surface area contributed by atoms with E-state index in [4.69, 9.17) is 0 Å². The molecule has 4 rings (SSSR count). The number of fused-ring (bicyclic) bond motifs is 1. The van der Waals surface area contributed by atoms with Gasteiger partial charge in [-0.05, 0) is 0 Å². The number of rotatable bonds is 3. The van der Waals surface area contributed by atoms with E-state index in [0.717, 1.165) is 19.7 Å².